The van der Waals surface area contributed by atoms with E-state index in [0.717, 1.165) is 19.3 Å². The van der Waals surface area contributed by atoms with Gasteiger partial charge in [0.15, 0.2) is 0 Å². The molecule has 1 fully saturated rings. The van der Waals surface area contributed by atoms with Crippen LogP contribution in [-0.4, -0.2) is 19.7 Å². The number of benzene rings is 1. The van der Waals surface area contributed by atoms with Crippen LogP contribution in [0, 0.1) is 0 Å². The molecule has 1 aromatic rings. The van der Waals surface area contributed by atoms with Crippen molar-refractivity contribution in [1.82, 2.24) is 0 Å². The second-order valence-corrected chi connectivity index (χ2v) is 6.54. The Labute approximate surface area is 107 Å². The number of halogens is 1. The third-order valence-electron chi connectivity index (χ3n) is 3.12. The monoisotopic (exact) mass is 272 g/mol. The molecule has 0 aromatic heterocycles. The summed E-state index contributed by atoms with van der Waals surface area (Å²) < 4.78 is 43.2. The number of epoxide rings is 1. The van der Waals surface area contributed by atoms with E-state index in [1.54, 1.807) is 18.2 Å². The van der Waals surface area contributed by atoms with E-state index < -0.39 is 21.1 Å². The molecule has 2 atom stereocenters. The maximum atomic E-state index is 14.2. The van der Waals surface area contributed by atoms with Gasteiger partial charge in [-0.15, -0.1) is 0 Å². The summed E-state index contributed by atoms with van der Waals surface area (Å²) in [5, 5.41) is -2.51. The number of ether oxygens (including phenoxy) is 1. The standard InChI is InChI=1S/C13H17FO3S/c1-2-3-5-10-12-13(14,17-12)18(15,16)11-8-6-4-7-9-11/h4,6-9,12H,2-3,5,10H2,1H3. The topological polar surface area (TPSA) is 46.7 Å². The van der Waals surface area contributed by atoms with Gasteiger partial charge in [0.25, 0.3) is 0 Å². The van der Waals surface area contributed by atoms with Gasteiger partial charge in [0.05, 0.1) is 4.90 Å². The maximum absolute atomic E-state index is 14.2. The first-order valence-corrected chi connectivity index (χ1v) is 7.67. The van der Waals surface area contributed by atoms with Gasteiger partial charge in [0.2, 0.25) is 9.84 Å². The molecule has 0 spiro atoms. The molecule has 0 saturated carbocycles. The Hall–Kier alpha value is -0.940. The normalized spacial score (nSPS) is 27.1. The van der Waals surface area contributed by atoms with Gasteiger partial charge in [0, 0.05) is 0 Å². The molecule has 100 valence electrons. The number of unbranched alkanes of at least 4 members (excludes halogenated alkanes) is 2. The average molecular weight is 272 g/mol. The van der Waals surface area contributed by atoms with E-state index in [1.807, 2.05) is 6.92 Å². The highest BCUT2D eigenvalue weighted by molar-refractivity contribution is 7.92. The first-order valence-electron chi connectivity index (χ1n) is 6.19. The van der Waals surface area contributed by atoms with E-state index in [-0.39, 0.29) is 4.90 Å². The Bertz CT molecular complexity index is 500. The van der Waals surface area contributed by atoms with Crippen LogP contribution in [0.2, 0.25) is 0 Å². The average Bonchev–Trinajstić information content (AvgIpc) is 3.04. The fourth-order valence-corrected chi connectivity index (χ4v) is 3.51. The van der Waals surface area contributed by atoms with Gasteiger partial charge in [-0.2, -0.15) is 4.39 Å². The minimum atomic E-state index is -4.04. The largest absolute Gasteiger partial charge is 0.342 e. The van der Waals surface area contributed by atoms with Crippen molar-refractivity contribution in [2.75, 3.05) is 0 Å². The minimum Gasteiger partial charge on any atom is -0.321 e. The molecule has 0 amide bonds. The lowest BCUT2D eigenvalue weighted by atomic mass is 10.2. The summed E-state index contributed by atoms with van der Waals surface area (Å²) in [6, 6.07) is 7.62. The molecule has 0 radical (unpaired) electrons. The van der Waals surface area contributed by atoms with Crippen molar-refractivity contribution in [3.05, 3.63) is 30.3 Å². The molecule has 18 heavy (non-hydrogen) atoms. The lowest BCUT2D eigenvalue weighted by molar-refractivity contribution is 0.218. The third-order valence-corrected chi connectivity index (χ3v) is 5.10. The van der Waals surface area contributed by atoms with Crippen LogP contribution in [-0.2, 0) is 14.6 Å². The van der Waals surface area contributed by atoms with Crippen LogP contribution in [0.5, 0.6) is 0 Å². The van der Waals surface area contributed by atoms with Crippen molar-refractivity contribution in [2.45, 2.75) is 48.8 Å². The van der Waals surface area contributed by atoms with Crippen molar-refractivity contribution >= 4 is 9.84 Å². The van der Waals surface area contributed by atoms with Crippen LogP contribution in [0.15, 0.2) is 35.2 Å². The molecule has 0 aliphatic carbocycles. The van der Waals surface area contributed by atoms with Crippen molar-refractivity contribution in [3.8, 4) is 0 Å². The Morgan fingerprint density at radius 3 is 2.56 bits per heavy atom. The van der Waals surface area contributed by atoms with Gasteiger partial charge in [-0.05, 0) is 18.6 Å². The molecule has 0 bridgehead atoms. The van der Waals surface area contributed by atoms with Gasteiger partial charge in [-0.25, -0.2) is 8.42 Å². The van der Waals surface area contributed by atoms with Crippen LogP contribution in [0.1, 0.15) is 32.6 Å². The lowest BCUT2D eigenvalue weighted by Crippen LogP contribution is -2.22. The molecule has 1 aromatic carbocycles. The summed E-state index contributed by atoms with van der Waals surface area (Å²) in [7, 11) is -4.04. The molecule has 3 nitrogen and oxygen atoms in total. The van der Waals surface area contributed by atoms with Crippen LogP contribution >= 0.6 is 0 Å². The zero-order chi connectivity index (χ0) is 13.2. The first kappa shape index (κ1) is 13.5. The second kappa shape index (κ2) is 4.97. The summed E-state index contributed by atoms with van der Waals surface area (Å²) in [6.07, 6.45) is 2.40. The number of hydrogen-bond acceptors (Lipinski definition) is 3. The molecule has 1 aliphatic heterocycles. The molecular formula is C13H17FO3S. The molecule has 2 unspecified atom stereocenters. The molecule has 1 heterocycles. The molecule has 5 heteroatoms. The van der Waals surface area contributed by atoms with Crippen LogP contribution in [0.3, 0.4) is 0 Å². The molecule has 0 N–H and O–H groups in total. The lowest BCUT2D eigenvalue weighted by Gasteiger charge is -2.05. The van der Waals surface area contributed by atoms with Crippen molar-refractivity contribution in [1.29, 1.82) is 0 Å². The van der Waals surface area contributed by atoms with Gasteiger partial charge in [0.1, 0.15) is 6.10 Å². The van der Waals surface area contributed by atoms with E-state index in [0.29, 0.717) is 6.42 Å². The van der Waals surface area contributed by atoms with Crippen molar-refractivity contribution in [2.24, 2.45) is 0 Å². The van der Waals surface area contributed by atoms with Crippen LogP contribution in [0.4, 0.5) is 4.39 Å². The zero-order valence-electron chi connectivity index (χ0n) is 10.3. The van der Waals surface area contributed by atoms with Gasteiger partial charge >= 0.3 is 5.19 Å². The Morgan fingerprint density at radius 1 is 1.28 bits per heavy atom. The molecule has 1 aliphatic rings. The predicted molar refractivity (Wildman–Crippen MR) is 66.5 cm³/mol. The van der Waals surface area contributed by atoms with E-state index in [9.17, 15) is 12.8 Å². The SMILES string of the molecule is CCCCCC1OC1(F)S(=O)(=O)c1ccccc1. The number of sulfone groups is 1. The smallest absolute Gasteiger partial charge is 0.321 e. The summed E-state index contributed by atoms with van der Waals surface area (Å²) in [5.74, 6) is 0. The number of alkyl halides is 1. The van der Waals surface area contributed by atoms with E-state index >= 15 is 0 Å². The highest BCUT2D eigenvalue weighted by Gasteiger charge is 2.67. The van der Waals surface area contributed by atoms with Gasteiger partial charge in [-0.1, -0.05) is 44.4 Å². The zero-order valence-corrected chi connectivity index (χ0v) is 11.1. The fraction of sp³-hybridized carbons (Fsp3) is 0.538. The summed E-state index contributed by atoms with van der Waals surface area (Å²) in [6.45, 7) is 2.04. The highest BCUT2D eigenvalue weighted by atomic mass is 32.2. The third kappa shape index (κ3) is 2.29. The highest BCUT2D eigenvalue weighted by Crippen LogP contribution is 2.48. The van der Waals surface area contributed by atoms with E-state index in [1.165, 1.54) is 12.1 Å². The Kier molecular flexibility index (Phi) is 3.73. The first-order chi connectivity index (χ1) is 8.52. The van der Waals surface area contributed by atoms with Crippen LogP contribution in [0.25, 0.3) is 0 Å². The number of hydrogen-bond donors (Lipinski definition) is 0. The molecular weight excluding hydrogens is 255 g/mol. The van der Waals surface area contributed by atoms with Crippen molar-refractivity contribution in [3.63, 3.8) is 0 Å². The predicted octanol–water partition coefficient (Wildman–Crippen LogP) is 3.06. The summed E-state index contributed by atoms with van der Waals surface area (Å²) in [5.41, 5.74) is 0. The van der Waals surface area contributed by atoms with E-state index in [4.69, 9.17) is 4.74 Å². The molecule has 2 rings (SSSR count). The second-order valence-electron chi connectivity index (χ2n) is 4.50. The summed E-state index contributed by atoms with van der Waals surface area (Å²) in [4.78, 5) is -0.0227. The van der Waals surface area contributed by atoms with Crippen molar-refractivity contribution < 1.29 is 17.5 Å². The Morgan fingerprint density at radius 2 is 1.94 bits per heavy atom. The maximum Gasteiger partial charge on any atom is 0.342 e. The minimum absolute atomic E-state index is 0.0227. The number of rotatable bonds is 6. The van der Waals surface area contributed by atoms with Gasteiger partial charge < -0.3 is 4.74 Å². The Balaban J connectivity index is 2.09. The molecule has 1 saturated heterocycles. The fourth-order valence-electron chi connectivity index (χ4n) is 1.97. The quantitative estimate of drug-likeness (QED) is 0.590. The van der Waals surface area contributed by atoms with E-state index in [2.05, 4.69) is 0 Å². The van der Waals surface area contributed by atoms with Crippen LogP contribution < -0.4 is 0 Å². The van der Waals surface area contributed by atoms with Gasteiger partial charge in [-0.3, -0.25) is 0 Å². The summed E-state index contributed by atoms with van der Waals surface area (Å²) >= 11 is 0.